The molecule has 1 nitrogen and oxygen atoms in total. The van der Waals surface area contributed by atoms with Crippen LogP contribution in [0.1, 0.15) is 0 Å². The van der Waals surface area contributed by atoms with Crippen LogP contribution in [0.25, 0.3) is 0 Å². The molecule has 0 spiro atoms. The van der Waals surface area contributed by atoms with Crippen LogP contribution in [0.5, 0.6) is 5.75 Å². The van der Waals surface area contributed by atoms with Gasteiger partial charge in [-0.25, -0.2) is 4.39 Å². The summed E-state index contributed by atoms with van der Waals surface area (Å²) in [6, 6.07) is 3.46. The van der Waals surface area contributed by atoms with Crippen molar-refractivity contribution in [2.24, 2.45) is 0 Å². The number of halogens is 4. The van der Waals surface area contributed by atoms with E-state index in [1.165, 1.54) is 6.07 Å². The fourth-order valence-corrected chi connectivity index (χ4v) is 0.842. The molecule has 0 fully saturated rings. The zero-order chi connectivity index (χ0) is 9.14. The normalized spacial score (nSPS) is 10.4. The van der Waals surface area contributed by atoms with E-state index in [4.69, 9.17) is 11.6 Å². The van der Waals surface area contributed by atoms with E-state index >= 15 is 0 Å². The Bertz CT molecular complexity index is 277. The Morgan fingerprint density at radius 3 is 2.58 bits per heavy atom. The second-order valence-corrected chi connectivity index (χ2v) is 2.31. The lowest BCUT2D eigenvalue weighted by atomic mass is 10.3. The van der Waals surface area contributed by atoms with Gasteiger partial charge in [-0.2, -0.15) is 8.78 Å². The van der Waals surface area contributed by atoms with Gasteiger partial charge < -0.3 is 4.74 Å². The lowest BCUT2D eigenvalue weighted by Crippen LogP contribution is -2.02. The third-order valence-electron chi connectivity index (χ3n) is 1.13. The van der Waals surface area contributed by atoms with Crippen molar-refractivity contribution >= 4 is 11.6 Å². The van der Waals surface area contributed by atoms with Crippen LogP contribution in [0.15, 0.2) is 18.2 Å². The Kier molecular flexibility index (Phi) is 2.81. The maximum atomic E-state index is 12.6. The standard InChI is InChI=1S/C7H4ClF3O/c8-6-4(9)2-1-3-5(6)12-7(10)11/h1-3,7H. The summed E-state index contributed by atoms with van der Waals surface area (Å²) in [7, 11) is 0. The fourth-order valence-electron chi connectivity index (χ4n) is 0.671. The quantitative estimate of drug-likeness (QED) is 0.706. The second-order valence-electron chi connectivity index (χ2n) is 1.93. The Morgan fingerprint density at radius 1 is 1.33 bits per heavy atom. The van der Waals surface area contributed by atoms with Crippen molar-refractivity contribution in [3.63, 3.8) is 0 Å². The molecule has 0 radical (unpaired) electrons. The topological polar surface area (TPSA) is 9.23 Å². The molecule has 0 aliphatic heterocycles. The highest BCUT2D eigenvalue weighted by atomic mass is 35.5. The Hall–Kier alpha value is -0.900. The molecule has 0 aliphatic carbocycles. The molecule has 0 aliphatic rings. The van der Waals surface area contributed by atoms with Gasteiger partial charge in [-0.1, -0.05) is 17.7 Å². The zero-order valence-electron chi connectivity index (χ0n) is 5.73. The van der Waals surface area contributed by atoms with Crippen molar-refractivity contribution in [3.05, 3.63) is 29.0 Å². The summed E-state index contributed by atoms with van der Waals surface area (Å²) >= 11 is 5.30. The first-order chi connectivity index (χ1) is 5.61. The molecule has 0 saturated carbocycles. The lowest BCUT2D eigenvalue weighted by Gasteiger charge is -2.05. The van der Waals surface area contributed by atoms with E-state index < -0.39 is 17.5 Å². The SMILES string of the molecule is Fc1cccc(OC(F)F)c1Cl. The van der Waals surface area contributed by atoms with Crippen LogP contribution >= 0.6 is 11.6 Å². The molecule has 0 saturated heterocycles. The van der Waals surface area contributed by atoms with E-state index in [1.807, 2.05) is 0 Å². The summed E-state index contributed by atoms with van der Waals surface area (Å²) < 4.78 is 39.8. The van der Waals surface area contributed by atoms with Crippen LogP contribution in [0, 0.1) is 5.82 Å². The molecule has 0 aromatic heterocycles. The zero-order valence-corrected chi connectivity index (χ0v) is 6.49. The van der Waals surface area contributed by atoms with Crippen molar-refractivity contribution in [1.29, 1.82) is 0 Å². The monoisotopic (exact) mass is 196 g/mol. The number of hydrogen-bond donors (Lipinski definition) is 0. The van der Waals surface area contributed by atoms with Gasteiger partial charge in [-0.15, -0.1) is 0 Å². The van der Waals surface area contributed by atoms with Crippen LogP contribution in [-0.4, -0.2) is 6.61 Å². The summed E-state index contributed by atoms with van der Waals surface area (Å²) in [5.41, 5.74) is 0. The van der Waals surface area contributed by atoms with Crippen LogP contribution in [0.2, 0.25) is 5.02 Å². The predicted octanol–water partition coefficient (Wildman–Crippen LogP) is 3.08. The average Bonchev–Trinajstić information content (AvgIpc) is 1.98. The lowest BCUT2D eigenvalue weighted by molar-refractivity contribution is -0.0499. The first-order valence-corrected chi connectivity index (χ1v) is 3.38. The van der Waals surface area contributed by atoms with E-state index in [9.17, 15) is 13.2 Å². The van der Waals surface area contributed by atoms with E-state index in [0.29, 0.717) is 0 Å². The van der Waals surface area contributed by atoms with Crippen molar-refractivity contribution < 1.29 is 17.9 Å². The van der Waals surface area contributed by atoms with Gasteiger partial charge >= 0.3 is 6.61 Å². The van der Waals surface area contributed by atoms with Gasteiger partial charge in [0.25, 0.3) is 0 Å². The smallest absolute Gasteiger partial charge is 0.387 e. The van der Waals surface area contributed by atoms with Crippen LogP contribution in [0.4, 0.5) is 13.2 Å². The Balaban J connectivity index is 2.92. The second kappa shape index (κ2) is 3.67. The molecule has 0 heterocycles. The van der Waals surface area contributed by atoms with Gasteiger partial charge in [-0.3, -0.25) is 0 Å². The van der Waals surface area contributed by atoms with Crippen molar-refractivity contribution in [2.45, 2.75) is 6.61 Å². The minimum absolute atomic E-state index is 0.355. The molecular weight excluding hydrogens is 193 g/mol. The van der Waals surface area contributed by atoms with Crippen molar-refractivity contribution in [2.75, 3.05) is 0 Å². The number of rotatable bonds is 2. The van der Waals surface area contributed by atoms with Gasteiger partial charge in [0, 0.05) is 0 Å². The maximum Gasteiger partial charge on any atom is 0.387 e. The predicted molar refractivity (Wildman–Crippen MR) is 38.0 cm³/mol. The molecule has 5 heteroatoms. The first kappa shape index (κ1) is 9.19. The Morgan fingerprint density at radius 2 is 2.00 bits per heavy atom. The molecule has 0 bridgehead atoms. The van der Waals surface area contributed by atoms with Gasteiger partial charge in [0.05, 0.1) is 0 Å². The van der Waals surface area contributed by atoms with E-state index in [0.717, 1.165) is 12.1 Å². The molecular formula is C7H4ClF3O. The molecule has 0 N–H and O–H groups in total. The van der Waals surface area contributed by atoms with Crippen LogP contribution in [0.3, 0.4) is 0 Å². The number of benzene rings is 1. The molecule has 66 valence electrons. The number of ether oxygens (including phenoxy) is 1. The van der Waals surface area contributed by atoms with E-state index in [-0.39, 0.29) is 5.75 Å². The molecule has 1 aromatic rings. The highest BCUT2D eigenvalue weighted by Gasteiger charge is 2.10. The summed E-state index contributed by atoms with van der Waals surface area (Å²) in [5.74, 6) is -1.14. The minimum atomic E-state index is -3.00. The maximum absolute atomic E-state index is 12.6. The van der Waals surface area contributed by atoms with E-state index in [1.54, 1.807) is 0 Å². The van der Waals surface area contributed by atoms with Gasteiger partial charge in [0.15, 0.2) is 0 Å². The number of alkyl halides is 2. The summed E-state index contributed by atoms with van der Waals surface area (Å²) in [5, 5.41) is -0.433. The molecule has 12 heavy (non-hydrogen) atoms. The highest BCUT2D eigenvalue weighted by molar-refractivity contribution is 6.32. The molecule has 0 atom stereocenters. The first-order valence-electron chi connectivity index (χ1n) is 3.00. The third-order valence-corrected chi connectivity index (χ3v) is 1.50. The highest BCUT2D eigenvalue weighted by Crippen LogP contribution is 2.27. The largest absolute Gasteiger partial charge is 0.433 e. The van der Waals surface area contributed by atoms with Gasteiger partial charge in [0.1, 0.15) is 16.6 Å². The van der Waals surface area contributed by atoms with Gasteiger partial charge in [0.2, 0.25) is 0 Å². The Labute approximate surface area is 71.7 Å². The van der Waals surface area contributed by atoms with Gasteiger partial charge in [-0.05, 0) is 12.1 Å². The molecule has 1 rings (SSSR count). The van der Waals surface area contributed by atoms with E-state index in [2.05, 4.69) is 4.74 Å². The van der Waals surface area contributed by atoms with Crippen molar-refractivity contribution in [1.82, 2.24) is 0 Å². The molecule has 1 aromatic carbocycles. The summed E-state index contributed by atoms with van der Waals surface area (Å²) in [6.07, 6.45) is 0. The molecule has 0 unspecified atom stereocenters. The third kappa shape index (κ3) is 2.04. The number of hydrogen-bond acceptors (Lipinski definition) is 1. The fraction of sp³-hybridized carbons (Fsp3) is 0.143. The average molecular weight is 197 g/mol. The van der Waals surface area contributed by atoms with Crippen molar-refractivity contribution in [3.8, 4) is 5.75 Å². The van der Waals surface area contributed by atoms with Crippen LogP contribution < -0.4 is 4.74 Å². The molecule has 0 amide bonds. The van der Waals surface area contributed by atoms with Crippen LogP contribution in [-0.2, 0) is 0 Å². The minimum Gasteiger partial charge on any atom is -0.433 e. The summed E-state index contributed by atoms with van der Waals surface area (Å²) in [6.45, 7) is -3.00. The summed E-state index contributed by atoms with van der Waals surface area (Å²) in [4.78, 5) is 0.